The van der Waals surface area contributed by atoms with Crippen molar-refractivity contribution in [3.05, 3.63) is 53.6 Å². The molecule has 25 heavy (non-hydrogen) atoms. The van der Waals surface area contributed by atoms with Gasteiger partial charge in [-0.1, -0.05) is 32.0 Å². The molecule has 2 aromatic carbocycles. The minimum absolute atomic E-state index is 0.0195. The van der Waals surface area contributed by atoms with Crippen molar-refractivity contribution in [1.82, 2.24) is 5.32 Å². The smallest absolute Gasteiger partial charge is 0.258 e. The van der Waals surface area contributed by atoms with Gasteiger partial charge in [0.2, 0.25) is 0 Å². The van der Waals surface area contributed by atoms with E-state index in [0.29, 0.717) is 29.7 Å². The molecule has 0 heterocycles. The highest BCUT2D eigenvalue weighted by Gasteiger charge is 2.07. The summed E-state index contributed by atoms with van der Waals surface area (Å²) < 4.78 is 16.0. The van der Waals surface area contributed by atoms with Crippen LogP contribution in [0.5, 0.6) is 17.2 Å². The zero-order valence-corrected chi connectivity index (χ0v) is 15.2. The molecule has 0 aromatic heterocycles. The van der Waals surface area contributed by atoms with E-state index in [4.69, 9.17) is 14.2 Å². The van der Waals surface area contributed by atoms with Crippen LogP contribution in [0.15, 0.2) is 42.5 Å². The average Bonchev–Trinajstić information content (AvgIpc) is 2.64. The van der Waals surface area contributed by atoms with Crippen molar-refractivity contribution in [3.63, 3.8) is 0 Å². The minimum Gasteiger partial charge on any atom is -0.493 e. The fourth-order valence-electron chi connectivity index (χ4n) is 2.34. The van der Waals surface area contributed by atoms with Crippen LogP contribution in [0.2, 0.25) is 0 Å². The summed E-state index contributed by atoms with van der Waals surface area (Å²) in [5.41, 5.74) is 2.16. The Morgan fingerprint density at radius 1 is 1.00 bits per heavy atom. The van der Waals surface area contributed by atoms with E-state index >= 15 is 0 Å². The first-order chi connectivity index (χ1) is 12.0. The Labute approximate surface area is 148 Å². The minimum atomic E-state index is -0.178. The Bertz CT molecular complexity index is 695. The van der Waals surface area contributed by atoms with Gasteiger partial charge in [0.15, 0.2) is 18.1 Å². The summed E-state index contributed by atoms with van der Waals surface area (Å²) in [6.45, 7) is 4.65. The van der Waals surface area contributed by atoms with Crippen LogP contribution in [0, 0.1) is 0 Å². The van der Waals surface area contributed by atoms with E-state index in [-0.39, 0.29) is 12.5 Å². The monoisotopic (exact) mass is 343 g/mol. The fourth-order valence-corrected chi connectivity index (χ4v) is 2.34. The van der Waals surface area contributed by atoms with Crippen molar-refractivity contribution in [2.75, 3.05) is 20.8 Å². The van der Waals surface area contributed by atoms with Gasteiger partial charge in [0.1, 0.15) is 5.75 Å². The van der Waals surface area contributed by atoms with Gasteiger partial charge in [-0.15, -0.1) is 0 Å². The third kappa shape index (κ3) is 5.41. The molecule has 0 fully saturated rings. The van der Waals surface area contributed by atoms with Crippen molar-refractivity contribution in [3.8, 4) is 17.2 Å². The maximum Gasteiger partial charge on any atom is 0.258 e. The van der Waals surface area contributed by atoms with Gasteiger partial charge in [0, 0.05) is 6.54 Å². The summed E-state index contributed by atoms with van der Waals surface area (Å²) in [7, 11) is 3.17. The Morgan fingerprint density at radius 3 is 2.28 bits per heavy atom. The second-order valence-electron chi connectivity index (χ2n) is 5.98. The lowest BCUT2D eigenvalue weighted by molar-refractivity contribution is -0.123. The first kappa shape index (κ1) is 18.6. The lowest BCUT2D eigenvalue weighted by Gasteiger charge is -2.11. The van der Waals surface area contributed by atoms with Gasteiger partial charge < -0.3 is 19.5 Å². The van der Waals surface area contributed by atoms with Gasteiger partial charge in [0.05, 0.1) is 14.2 Å². The van der Waals surface area contributed by atoms with Gasteiger partial charge in [0.25, 0.3) is 5.91 Å². The molecule has 0 spiro atoms. The number of hydrogen-bond acceptors (Lipinski definition) is 4. The summed E-state index contributed by atoms with van der Waals surface area (Å²) >= 11 is 0. The molecule has 0 unspecified atom stereocenters. The first-order valence-electron chi connectivity index (χ1n) is 8.24. The molecule has 0 saturated carbocycles. The fraction of sp³-hybridized carbons (Fsp3) is 0.350. The topological polar surface area (TPSA) is 56.8 Å². The Balaban J connectivity index is 1.82. The average molecular weight is 343 g/mol. The maximum absolute atomic E-state index is 12.0. The van der Waals surface area contributed by atoms with E-state index in [1.54, 1.807) is 14.2 Å². The Morgan fingerprint density at radius 2 is 1.68 bits per heavy atom. The molecular weight excluding hydrogens is 318 g/mol. The molecule has 2 aromatic rings. The van der Waals surface area contributed by atoms with Gasteiger partial charge in [-0.2, -0.15) is 0 Å². The molecule has 2 rings (SSSR count). The Kier molecular flexibility index (Phi) is 6.69. The lowest BCUT2D eigenvalue weighted by atomic mass is 10.0. The highest BCUT2D eigenvalue weighted by atomic mass is 16.5. The summed E-state index contributed by atoms with van der Waals surface area (Å²) in [5, 5.41) is 2.83. The SMILES string of the molecule is COc1ccc(CNC(=O)COc2ccc(C(C)C)cc2)cc1OC. The molecule has 1 amide bonds. The number of amides is 1. The molecule has 0 saturated heterocycles. The van der Waals surface area contributed by atoms with Gasteiger partial charge in [-0.05, 0) is 41.3 Å². The molecular formula is C20H25NO4. The van der Waals surface area contributed by atoms with Gasteiger partial charge in [-0.25, -0.2) is 0 Å². The lowest BCUT2D eigenvalue weighted by Crippen LogP contribution is -2.28. The van der Waals surface area contributed by atoms with E-state index in [1.807, 2.05) is 42.5 Å². The van der Waals surface area contributed by atoms with E-state index in [2.05, 4.69) is 19.2 Å². The molecule has 0 aliphatic carbocycles. The molecule has 0 atom stereocenters. The molecule has 1 N–H and O–H groups in total. The van der Waals surface area contributed by atoms with Crippen LogP contribution >= 0.6 is 0 Å². The van der Waals surface area contributed by atoms with E-state index in [0.717, 1.165) is 5.56 Å². The van der Waals surface area contributed by atoms with E-state index < -0.39 is 0 Å². The highest BCUT2D eigenvalue weighted by molar-refractivity contribution is 5.77. The molecule has 0 aliphatic heterocycles. The van der Waals surface area contributed by atoms with Gasteiger partial charge >= 0.3 is 0 Å². The second kappa shape index (κ2) is 8.97. The number of nitrogens with one attached hydrogen (secondary N) is 1. The predicted octanol–water partition coefficient (Wildman–Crippen LogP) is 3.52. The van der Waals surface area contributed by atoms with Crippen LogP contribution in [-0.2, 0) is 11.3 Å². The van der Waals surface area contributed by atoms with Crippen LogP contribution in [0.1, 0.15) is 30.9 Å². The zero-order valence-electron chi connectivity index (χ0n) is 15.2. The maximum atomic E-state index is 12.0. The number of benzene rings is 2. The quantitative estimate of drug-likeness (QED) is 0.797. The molecule has 5 nitrogen and oxygen atoms in total. The number of ether oxygens (including phenoxy) is 3. The number of hydrogen-bond donors (Lipinski definition) is 1. The van der Waals surface area contributed by atoms with Crippen LogP contribution in [0.3, 0.4) is 0 Å². The molecule has 0 radical (unpaired) electrons. The standard InChI is InChI=1S/C20H25NO4/c1-14(2)16-6-8-17(9-7-16)25-13-20(22)21-12-15-5-10-18(23-3)19(11-15)24-4/h5-11,14H,12-13H2,1-4H3,(H,21,22). The third-order valence-electron chi connectivity index (χ3n) is 3.85. The number of rotatable bonds is 8. The number of carbonyl (C=O) groups excluding carboxylic acids is 1. The van der Waals surface area contributed by atoms with Crippen molar-refractivity contribution < 1.29 is 19.0 Å². The summed E-state index contributed by atoms with van der Waals surface area (Å²) in [6.07, 6.45) is 0. The second-order valence-corrected chi connectivity index (χ2v) is 5.98. The summed E-state index contributed by atoms with van der Waals surface area (Å²) in [5.74, 6) is 2.27. The molecule has 5 heteroatoms. The van der Waals surface area contributed by atoms with Crippen LogP contribution in [0.25, 0.3) is 0 Å². The highest BCUT2D eigenvalue weighted by Crippen LogP contribution is 2.27. The van der Waals surface area contributed by atoms with Crippen molar-refractivity contribution in [2.24, 2.45) is 0 Å². The molecule has 0 aliphatic rings. The normalized spacial score (nSPS) is 10.4. The number of methoxy groups -OCH3 is 2. The third-order valence-corrected chi connectivity index (χ3v) is 3.85. The van der Waals surface area contributed by atoms with E-state index in [1.165, 1.54) is 5.56 Å². The predicted molar refractivity (Wildman–Crippen MR) is 97.4 cm³/mol. The van der Waals surface area contributed by atoms with Crippen molar-refractivity contribution >= 4 is 5.91 Å². The largest absolute Gasteiger partial charge is 0.493 e. The summed E-state index contributed by atoms with van der Waals surface area (Å²) in [6, 6.07) is 13.3. The van der Waals surface area contributed by atoms with E-state index in [9.17, 15) is 4.79 Å². The number of carbonyl (C=O) groups is 1. The van der Waals surface area contributed by atoms with Crippen LogP contribution < -0.4 is 19.5 Å². The van der Waals surface area contributed by atoms with Gasteiger partial charge in [-0.3, -0.25) is 4.79 Å². The first-order valence-corrected chi connectivity index (χ1v) is 8.24. The van der Waals surface area contributed by atoms with Crippen molar-refractivity contribution in [1.29, 1.82) is 0 Å². The van der Waals surface area contributed by atoms with Crippen LogP contribution in [-0.4, -0.2) is 26.7 Å². The molecule has 0 bridgehead atoms. The van der Waals surface area contributed by atoms with Crippen LogP contribution in [0.4, 0.5) is 0 Å². The Hall–Kier alpha value is -2.69. The molecule has 134 valence electrons. The zero-order chi connectivity index (χ0) is 18.2. The van der Waals surface area contributed by atoms with Crippen molar-refractivity contribution in [2.45, 2.75) is 26.3 Å². The summed E-state index contributed by atoms with van der Waals surface area (Å²) in [4.78, 5) is 12.0.